The molecule has 1 aromatic heterocycles. The summed E-state index contributed by atoms with van der Waals surface area (Å²) in [6.07, 6.45) is 5.72. The van der Waals surface area contributed by atoms with Crippen molar-refractivity contribution in [1.29, 1.82) is 0 Å². The monoisotopic (exact) mass is 308 g/mol. The number of hydrogen-bond acceptors (Lipinski definition) is 6. The number of anilines is 2. The van der Waals surface area contributed by atoms with E-state index in [1.807, 2.05) is 6.92 Å². The number of rotatable bonds is 7. The molecule has 124 valence electrons. The summed E-state index contributed by atoms with van der Waals surface area (Å²) < 4.78 is 10.6. The summed E-state index contributed by atoms with van der Waals surface area (Å²) >= 11 is 0. The van der Waals surface area contributed by atoms with E-state index in [0.29, 0.717) is 42.6 Å². The lowest BCUT2D eigenvalue weighted by molar-refractivity contribution is 0.144. The molecule has 2 atom stereocenters. The number of nitrogens with two attached hydrogens (primary N) is 1. The maximum atomic E-state index is 6.20. The SMILES string of the molecule is CCc1nc(NC2CCCCC2C)c(N)c(OCCOC)n1. The van der Waals surface area contributed by atoms with Crippen molar-refractivity contribution in [2.75, 3.05) is 31.4 Å². The van der Waals surface area contributed by atoms with Crippen molar-refractivity contribution < 1.29 is 9.47 Å². The normalized spacial score (nSPS) is 21.6. The van der Waals surface area contributed by atoms with Crippen LogP contribution in [-0.4, -0.2) is 36.3 Å². The first-order valence-electron chi connectivity index (χ1n) is 8.20. The van der Waals surface area contributed by atoms with Crippen molar-refractivity contribution in [2.45, 2.75) is 52.0 Å². The third kappa shape index (κ3) is 4.22. The van der Waals surface area contributed by atoms with Crippen molar-refractivity contribution in [1.82, 2.24) is 9.97 Å². The van der Waals surface area contributed by atoms with Crippen LogP contribution < -0.4 is 15.8 Å². The molecule has 2 unspecified atom stereocenters. The molecule has 0 aromatic carbocycles. The molecule has 0 saturated heterocycles. The van der Waals surface area contributed by atoms with E-state index in [2.05, 4.69) is 22.2 Å². The van der Waals surface area contributed by atoms with E-state index in [-0.39, 0.29) is 0 Å². The van der Waals surface area contributed by atoms with E-state index in [4.69, 9.17) is 15.2 Å². The fourth-order valence-corrected chi connectivity index (χ4v) is 2.80. The maximum absolute atomic E-state index is 6.20. The fraction of sp³-hybridized carbons (Fsp3) is 0.750. The largest absolute Gasteiger partial charge is 0.474 e. The van der Waals surface area contributed by atoms with Gasteiger partial charge in [0.05, 0.1) is 6.61 Å². The Morgan fingerprint density at radius 1 is 1.23 bits per heavy atom. The Bertz CT molecular complexity index is 481. The van der Waals surface area contributed by atoms with Crippen molar-refractivity contribution in [3.63, 3.8) is 0 Å². The predicted octanol–water partition coefficient (Wildman–Crippen LogP) is 2.64. The molecule has 1 heterocycles. The number of aryl methyl sites for hydroxylation is 1. The van der Waals surface area contributed by atoms with Crippen molar-refractivity contribution in [3.05, 3.63) is 5.82 Å². The number of nitrogens with one attached hydrogen (secondary N) is 1. The number of nitrogens with zero attached hydrogens (tertiary/aromatic N) is 2. The van der Waals surface area contributed by atoms with Gasteiger partial charge in [0.25, 0.3) is 0 Å². The van der Waals surface area contributed by atoms with Gasteiger partial charge >= 0.3 is 0 Å². The quantitative estimate of drug-likeness (QED) is 0.754. The summed E-state index contributed by atoms with van der Waals surface area (Å²) in [5.41, 5.74) is 6.69. The molecule has 0 bridgehead atoms. The highest BCUT2D eigenvalue weighted by molar-refractivity contribution is 5.67. The number of aromatic nitrogens is 2. The molecule has 1 aliphatic rings. The third-order valence-corrected chi connectivity index (χ3v) is 4.23. The second-order valence-corrected chi connectivity index (χ2v) is 5.91. The Morgan fingerprint density at radius 3 is 2.68 bits per heavy atom. The van der Waals surface area contributed by atoms with Gasteiger partial charge in [-0.3, -0.25) is 0 Å². The van der Waals surface area contributed by atoms with Crippen LogP contribution in [-0.2, 0) is 11.2 Å². The van der Waals surface area contributed by atoms with Crippen LogP contribution in [0.1, 0.15) is 45.4 Å². The van der Waals surface area contributed by atoms with Crippen LogP contribution >= 0.6 is 0 Å². The third-order valence-electron chi connectivity index (χ3n) is 4.23. The van der Waals surface area contributed by atoms with E-state index in [0.717, 1.165) is 18.7 Å². The van der Waals surface area contributed by atoms with Gasteiger partial charge in [0.1, 0.15) is 18.1 Å². The van der Waals surface area contributed by atoms with E-state index >= 15 is 0 Å². The van der Waals surface area contributed by atoms with Crippen LogP contribution in [0.3, 0.4) is 0 Å². The Balaban J connectivity index is 2.16. The topological polar surface area (TPSA) is 82.3 Å². The summed E-state index contributed by atoms with van der Waals surface area (Å²) in [6, 6.07) is 0.419. The van der Waals surface area contributed by atoms with Gasteiger partial charge < -0.3 is 20.5 Å². The van der Waals surface area contributed by atoms with Gasteiger partial charge in [0.2, 0.25) is 5.88 Å². The minimum atomic E-state index is 0.419. The van der Waals surface area contributed by atoms with Gasteiger partial charge in [-0.2, -0.15) is 4.98 Å². The Kier molecular flexibility index (Phi) is 6.24. The second-order valence-electron chi connectivity index (χ2n) is 5.91. The molecule has 1 saturated carbocycles. The first kappa shape index (κ1) is 16.8. The number of nitrogen functional groups attached to an aromatic ring is 1. The van der Waals surface area contributed by atoms with Crippen LogP contribution in [0.4, 0.5) is 11.5 Å². The molecule has 1 aromatic rings. The van der Waals surface area contributed by atoms with Crippen LogP contribution in [0.5, 0.6) is 5.88 Å². The van der Waals surface area contributed by atoms with Gasteiger partial charge in [0.15, 0.2) is 5.82 Å². The molecule has 22 heavy (non-hydrogen) atoms. The van der Waals surface area contributed by atoms with Crippen LogP contribution in [0.15, 0.2) is 0 Å². The molecule has 0 amide bonds. The Hall–Kier alpha value is -1.56. The number of hydrogen-bond donors (Lipinski definition) is 2. The van der Waals surface area contributed by atoms with Gasteiger partial charge in [0, 0.05) is 19.6 Å². The standard InChI is InChI=1S/C16H28N4O2/c1-4-13-19-15(18-12-8-6-5-7-11(12)2)14(17)16(20-13)22-10-9-21-3/h11-12H,4-10,17H2,1-3H3,(H,18,19,20). The molecular formula is C16H28N4O2. The highest BCUT2D eigenvalue weighted by atomic mass is 16.5. The van der Waals surface area contributed by atoms with Crippen LogP contribution in [0.2, 0.25) is 0 Å². The summed E-state index contributed by atoms with van der Waals surface area (Å²) in [5.74, 6) is 2.53. The first-order valence-corrected chi connectivity index (χ1v) is 8.20. The van der Waals surface area contributed by atoms with Crippen molar-refractivity contribution in [3.8, 4) is 5.88 Å². The molecule has 0 radical (unpaired) electrons. The van der Waals surface area contributed by atoms with Crippen molar-refractivity contribution in [2.24, 2.45) is 5.92 Å². The van der Waals surface area contributed by atoms with Gasteiger partial charge in [-0.1, -0.05) is 26.7 Å². The predicted molar refractivity (Wildman–Crippen MR) is 88.2 cm³/mol. The zero-order valence-corrected chi connectivity index (χ0v) is 13.9. The molecule has 0 spiro atoms. The molecule has 1 fully saturated rings. The fourth-order valence-electron chi connectivity index (χ4n) is 2.80. The molecule has 3 N–H and O–H groups in total. The van der Waals surface area contributed by atoms with Crippen LogP contribution in [0.25, 0.3) is 0 Å². The second kappa shape index (κ2) is 8.17. The number of methoxy groups -OCH3 is 1. The van der Waals surface area contributed by atoms with Gasteiger partial charge in [-0.15, -0.1) is 0 Å². The molecule has 1 aliphatic carbocycles. The lowest BCUT2D eigenvalue weighted by Gasteiger charge is -2.30. The van der Waals surface area contributed by atoms with E-state index in [9.17, 15) is 0 Å². The minimum Gasteiger partial charge on any atom is -0.474 e. The Morgan fingerprint density at radius 2 is 2.00 bits per heavy atom. The summed E-state index contributed by atoms with van der Waals surface area (Å²) in [6.45, 7) is 5.25. The lowest BCUT2D eigenvalue weighted by Crippen LogP contribution is -2.31. The summed E-state index contributed by atoms with van der Waals surface area (Å²) in [5, 5.41) is 3.52. The van der Waals surface area contributed by atoms with E-state index < -0.39 is 0 Å². The molecule has 6 nitrogen and oxygen atoms in total. The highest BCUT2D eigenvalue weighted by Gasteiger charge is 2.23. The number of ether oxygens (including phenoxy) is 2. The zero-order chi connectivity index (χ0) is 15.9. The summed E-state index contributed by atoms with van der Waals surface area (Å²) in [7, 11) is 1.64. The van der Waals surface area contributed by atoms with E-state index in [1.54, 1.807) is 7.11 Å². The highest BCUT2D eigenvalue weighted by Crippen LogP contribution is 2.31. The first-order chi connectivity index (χ1) is 10.7. The Labute approximate surface area is 132 Å². The average molecular weight is 308 g/mol. The maximum Gasteiger partial charge on any atom is 0.242 e. The molecule has 2 rings (SSSR count). The average Bonchev–Trinajstić information content (AvgIpc) is 2.53. The molecule has 6 heteroatoms. The zero-order valence-electron chi connectivity index (χ0n) is 13.9. The minimum absolute atomic E-state index is 0.419. The molecule has 0 aliphatic heterocycles. The lowest BCUT2D eigenvalue weighted by atomic mass is 9.86. The van der Waals surface area contributed by atoms with Gasteiger partial charge in [-0.05, 0) is 18.8 Å². The van der Waals surface area contributed by atoms with Crippen LogP contribution in [0, 0.1) is 5.92 Å². The van der Waals surface area contributed by atoms with Gasteiger partial charge in [-0.25, -0.2) is 4.98 Å². The molecular weight excluding hydrogens is 280 g/mol. The summed E-state index contributed by atoms with van der Waals surface area (Å²) in [4.78, 5) is 8.93. The van der Waals surface area contributed by atoms with E-state index in [1.165, 1.54) is 19.3 Å². The van der Waals surface area contributed by atoms with Crippen molar-refractivity contribution >= 4 is 11.5 Å². The smallest absolute Gasteiger partial charge is 0.242 e.